The minimum absolute atomic E-state index is 0.545. The Labute approximate surface area is 142 Å². The van der Waals surface area contributed by atoms with Crippen LogP contribution in [0.3, 0.4) is 0 Å². The molecule has 0 amide bonds. The molecule has 3 rings (SSSR count). The van der Waals surface area contributed by atoms with Gasteiger partial charge in [0.05, 0.1) is 13.2 Å². The SMILES string of the molecule is Cc1cnc2c(c1)nc(CCc1ccccc1)n2CCOCCN. The normalized spacial score (nSPS) is 11.2. The highest BCUT2D eigenvalue weighted by molar-refractivity contribution is 5.72. The third kappa shape index (κ3) is 3.99. The molecule has 0 aliphatic carbocycles. The van der Waals surface area contributed by atoms with Crippen LogP contribution in [0.15, 0.2) is 42.6 Å². The van der Waals surface area contributed by atoms with Gasteiger partial charge in [-0.3, -0.25) is 0 Å². The standard InChI is InChI=1S/C19H24N4O/c1-15-13-17-19(21-14-15)23(10-12-24-11-9-20)18(22-17)8-7-16-5-3-2-4-6-16/h2-6,13-14H,7-12,20H2,1H3. The van der Waals surface area contributed by atoms with E-state index in [0.717, 1.165) is 41.9 Å². The number of nitrogens with zero attached hydrogens (tertiary/aromatic N) is 3. The average Bonchev–Trinajstić information content (AvgIpc) is 2.94. The Morgan fingerprint density at radius 2 is 1.96 bits per heavy atom. The van der Waals surface area contributed by atoms with E-state index in [1.54, 1.807) is 0 Å². The number of rotatable bonds is 8. The maximum atomic E-state index is 5.55. The first-order chi connectivity index (χ1) is 11.8. The fourth-order valence-corrected chi connectivity index (χ4v) is 2.83. The number of nitrogens with two attached hydrogens (primary N) is 1. The number of ether oxygens (including phenoxy) is 1. The largest absolute Gasteiger partial charge is 0.378 e. The first-order valence-electron chi connectivity index (χ1n) is 8.41. The molecule has 2 heterocycles. The summed E-state index contributed by atoms with van der Waals surface area (Å²) in [7, 11) is 0. The van der Waals surface area contributed by atoms with Gasteiger partial charge in [0, 0.05) is 25.7 Å². The monoisotopic (exact) mass is 324 g/mol. The molecule has 24 heavy (non-hydrogen) atoms. The summed E-state index contributed by atoms with van der Waals surface area (Å²) in [6.07, 6.45) is 3.74. The van der Waals surface area contributed by atoms with Crippen molar-refractivity contribution in [2.24, 2.45) is 5.73 Å². The van der Waals surface area contributed by atoms with Gasteiger partial charge < -0.3 is 15.0 Å². The van der Waals surface area contributed by atoms with Gasteiger partial charge in [-0.25, -0.2) is 9.97 Å². The van der Waals surface area contributed by atoms with Crippen LogP contribution in [0.1, 0.15) is 17.0 Å². The molecular formula is C19H24N4O. The van der Waals surface area contributed by atoms with Crippen LogP contribution in [0.25, 0.3) is 11.2 Å². The molecule has 0 bridgehead atoms. The Balaban J connectivity index is 1.81. The molecule has 5 nitrogen and oxygen atoms in total. The van der Waals surface area contributed by atoms with Gasteiger partial charge in [0.25, 0.3) is 0 Å². The van der Waals surface area contributed by atoms with E-state index in [9.17, 15) is 0 Å². The van der Waals surface area contributed by atoms with E-state index in [2.05, 4.69) is 39.9 Å². The summed E-state index contributed by atoms with van der Waals surface area (Å²) in [5.74, 6) is 1.06. The van der Waals surface area contributed by atoms with E-state index in [-0.39, 0.29) is 0 Å². The highest BCUT2D eigenvalue weighted by Crippen LogP contribution is 2.17. The van der Waals surface area contributed by atoms with Crippen molar-refractivity contribution in [2.75, 3.05) is 19.8 Å². The van der Waals surface area contributed by atoms with Crippen molar-refractivity contribution in [2.45, 2.75) is 26.3 Å². The second-order valence-electron chi connectivity index (χ2n) is 5.92. The molecule has 1 aromatic carbocycles. The number of aryl methyl sites for hydroxylation is 3. The van der Waals surface area contributed by atoms with Crippen molar-refractivity contribution in [3.05, 3.63) is 59.5 Å². The number of benzene rings is 1. The third-order valence-electron chi connectivity index (χ3n) is 4.00. The van der Waals surface area contributed by atoms with Crippen molar-refractivity contribution < 1.29 is 4.74 Å². The van der Waals surface area contributed by atoms with E-state index in [4.69, 9.17) is 15.5 Å². The number of hydrogen-bond donors (Lipinski definition) is 1. The van der Waals surface area contributed by atoms with E-state index in [0.29, 0.717) is 19.8 Å². The number of fused-ring (bicyclic) bond motifs is 1. The van der Waals surface area contributed by atoms with Crippen LogP contribution in [-0.2, 0) is 24.1 Å². The van der Waals surface area contributed by atoms with Crippen LogP contribution in [0.5, 0.6) is 0 Å². The fraction of sp³-hybridized carbons (Fsp3) is 0.368. The van der Waals surface area contributed by atoms with Gasteiger partial charge in [-0.05, 0) is 30.5 Å². The minimum atomic E-state index is 0.545. The maximum absolute atomic E-state index is 5.55. The summed E-state index contributed by atoms with van der Waals surface area (Å²) in [5, 5.41) is 0. The van der Waals surface area contributed by atoms with Gasteiger partial charge in [-0.15, -0.1) is 0 Å². The molecule has 0 radical (unpaired) electrons. The summed E-state index contributed by atoms with van der Waals surface area (Å²) in [5.41, 5.74) is 9.81. The van der Waals surface area contributed by atoms with Crippen LogP contribution >= 0.6 is 0 Å². The molecular weight excluding hydrogens is 300 g/mol. The van der Waals surface area contributed by atoms with Gasteiger partial charge >= 0.3 is 0 Å². The molecule has 0 fully saturated rings. The molecule has 3 aromatic rings. The summed E-state index contributed by atoms with van der Waals surface area (Å²) in [6.45, 7) is 4.54. The third-order valence-corrected chi connectivity index (χ3v) is 4.00. The lowest BCUT2D eigenvalue weighted by Crippen LogP contribution is -2.14. The van der Waals surface area contributed by atoms with E-state index < -0.39 is 0 Å². The van der Waals surface area contributed by atoms with Crippen LogP contribution in [0, 0.1) is 6.92 Å². The molecule has 0 aliphatic rings. The smallest absolute Gasteiger partial charge is 0.160 e. The Kier molecular flexibility index (Phi) is 5.56. The quantitative estimate of drug-likeness (QED) is 0.647. The lowest BCUT2D eigenvalue weighted by Gasteiger charge is -2.09. The molecule has 5 heteroatoms. The van der Waals surface area contributed by atoms with Crippen molar-refractivity contribution in [3.8, 4) is 0 Å². The summed E-state index contributed by atoms with van der Waals surface area (Å²) in [4.78, 5) is 9.38. The lowest BCUT2D eigenvalue weighted by molar-refractivity contribution is 0.133. The number of aromatic nitrogens is 3. The fourth-order valence-electron chi connectivity index (χ4n) is 2.83. The van der Waals surface area contributed by atoms with Crippen molar-refractivity contribution in [3.63, 3.8) is 0 Å². The summed E-state index contributed by atoms with van der Waals surface area (Å²) >= 11 is 0. The predicted octanol–water partition coefficient (Wildman–Crippen LogP) is 2.50. The second kappa shape index (κ2) is 8.04. The molecule has 0 unspecified atom stereocenters. The Morgan fingerprint density at radius 3 is 2.75 bits per heavy atom. The first kappa shape index (κ1) is 16.6. The molecule has 2 aromatic heterocycles. The number of imidazole rings is 1. The molecule has 0 saturated heterocycles. The van der Waals surface area contributed by atoms with Crippen molar-refractivity contribution in [1.29, 1.82) is 0 Å². The van der Waals surface area contributed by atoms with Crippen LogP contribution in [0.4, 0.5) is 0 Å². The molecule has 0 saturated carbocycles. The van der Waals surface area contributed by atoms with Crippen LogP contribution in [-0.4, -0.2) is 34.3 Å². The predicted molar refractivity (Wildman–Crippen MR) is 96.0 cm³/mol. The topological polar surface area (TPSA) is 66.0 Å². The zero-order valence-corrected chi connectivity index (χ0v) is 14.1. The van der Waals surface area contributed by atoms with Gasteiger partial charge in [-0.1, -0.05) is 30.3 Å². The minimum Gasteiger partial charge on any atom is -0.378 e. The summed E-state index contributed by atoms with van der Waals surface area (Å²) in [6, 6.07) is 12.6. The lowest BCUT2D eigenvalue weighted by atomic mass is 10.1. The Morgan fingerprint density at radius 1 is 1.12 bits per heavy atom. The Hall–Kier alpha value is -2.24. The molecule has 0 aliphatic heterocycles. The van der Waals surface area contributed by atoms with Gasteiger partial charge in [0.15, 0.2) is 5.65 Å². The molecule has 0 spiro atoms. The van der Waals surface area contributed by atoms with Crippen LogP contribution in [0.2, 0.25) is 0 Å². The van der Waals surface area contributed by atoms with Crippen molar-refractivity contribution in [1.82, 2.24) is 14.5 Å². The highest BCUT2D eigenvalue weighted by Gasteiger charge is 2.12. The zero-order chi connectivity index (χ0) is 16.8. The summed E-state index contributed by atoms with van der Waals surface area (Å²) < 4.78 is 7.72. The molecule has 0 atom stereocenters. The van der Waals surface area contributed by atoms with Gasteiger partial charge in [0.1, 0.15) is 11.3 Å². The van der Waals surface area contributed by atoms with E-state index >= 15 is 0 Å². The maximum Gasteiger partial charge on any atom is 0.160 e. The van der Waals surface area contributed by atoms with Gasteiger partial charge in [0.2, 0.25) is 0 Å². The van der Waals surface area contributed by atoms with E-state index in [1.165, 1.54) is 5.56 Å². The average molecular weight is 324 g/mol. The zero-order valence-electron chi connectivity index (χ0n) is 14.1. The second-order valence-corrected chi connectivity index (χ2v) is 5.92. The number of hydrogen-bond acceptors (Lipinski definition) is 4. The van der Waals surface area contributed by atoms with Crippen LogP contribution < -0.4 is 5.73 Å². The number of pyridine rings is 1. The first-order valence-corrected chi connectivity index (χ1v) is 8.41. The van der Waals surface area contributed by atoms with E-state index in [1.807, 2.05) is 19.2 Å². The van der Waals surface area contributed by atoms with Gasteiger partial charge in [-0.2, -0.15) is 0 Å². The van der Waals surface area contributed by atoms with Crippen molar-refractivity contribution >= 4 is 11.2 Å². The molecule has 126 valence electrons. The Bertz CT molecular complexity index is 783. The molecule has 2 N–H and O–H groups in total. The highest BCUT2D eigenvalue weighted by atomic mass is 16.5.